The van der Waals surface area contributed by atoms with E-state index in [1.807, 2.05) is 0 Å². The molecule has 0 aromatic rings. The van der Waals surface area contributed by atoms with E-state index in [1.165, 1.54) is 21.3 Å². The Kier molecular flexibility index (Phi) is 11.4. The van der Waals surface area contributed by atoms with Crippen LogP contribution >= 0.6 is 0 Å². The molecule has 0 fully saturated rings. The first-order chi connectivity index (χ1) is 9.03. The molecule has 0 aliphatic rings. The highest BCUT2D eigenvalue weighted by atomic mass is 16.5. The second-order valence-corrected chi connectivity index (χ2v) is 4.55. The van der Waals surface area contributed by atoms with E-state index in [-0.39, 0.29) is 19.8 Å². The predicted octanol–water partition coefficient (Wildman–Crippen LogP) is -1.69. The van der Waals surface area contributed by atoms with Crippen LogP contribution in [0.15, 0.2) is 0 Å². The molecular formula is C12H27NO6. The van der Waals surface area contributed by atoms with Gasteiger partial charge in [0.15, 0.2) is 0 Å². The van der Waals surface area contributed by atoms with Crippen LogP contribution in [0.5, 0.6) is 0 Å². The van der Waals surface area contributed by atoms with Gasteiger partial charge < -0.3 is 29.5 Å². The number of aliphatic hydroxyl groups is 3. The third-order valence-electron chi connectivity index (χ3n) is 2.48. The highest BCUT2D eigenvalue weighted by Crippen LogP contribution is 2.00. The van der Waals surface area contributed by atoms with E-state index >= 15 is 0 Å². The fourth-order valence-electron chi connectivity index (χ4n) is 1.85. The molecular weight excluding hydrogens is 254 g/mol. The van der Waals surface area contributed by atoms with Crippen LogP contribution < -0.4 is 0 Å². The van der Waals surface area contributed by atoms with Gasteiger partial charge in [-0.3, -0.25) is 4.90 Å². The van der Waals surface area contributed by atoms with Crippen molar-refractivity contribution >= 4 is 0 Å². The van der Waals surface area contributed by atoms with Crippen LogP contribution in [0.4, 0.5) is 0 Å². The normalized spacial score (nSPS) is 16.6. The molecule has 3 atom stereocenters. The largest absolute Gasteiger partial charge is 0.389 e. The zero-order valence-electron chi connectivity index (χ0n) is 12.0. The molecule has 0 heterocycles. The molecule has 0 aromatic carbocycles. The molecule has 7 heteroatoms. The van der Waals surface area contributed by atoms with Crippen LogP contribution in [0.25, 0.3) is 0 Å². The van der Waals surface area contributed by atoms with E-state index in [0.717, 1.165) is 0 Å². The maximum Gasteiger partial charge on any atom is 0.0900 e. The first kappa shape index (κ1) is 18.7. The number of hydrogen-bond donors (Lipinski definition) is 3. The monoisotopic (exact) mass is 281 g/mol. The van der Waals surface area contributed by atoms with Gasteiger partial charge >= 0.3 is 0 Å². The van der Waals surface area contributed by atoms with E-state index in [4.69, 9.17) is 14.2 Å². The lowest BCUT2D eigenvalue weighted by molar-refractivity contribution is -0.0182. The molecule has 3 N–H and O–H groups in total. The van der Waals surface area contributed by atoms with Gasteiger partial charge in [0, 0.05) is 41.0 Å². The van der Waals surface area contributed by atoms with Crippen LogP contribution in [0.1, 0.15) is 0 Å². The van der Waals surface area contributed by atoms with Crippen molar-refractivity contribution in [3.63, 3.8) is 0 Å². The third-order valence-corrected chi connectivity index (χ3v) is 2.48. The summed E-state index contributed by atoms with van der Waals surface area (Å²) in [5, 5.41) is 29.1. The fraction of sp³-hybridized carbons (Fsp3) is 1.00. The molecule has 0 radical (unpaired) electrons. The Labute approximate surface area is 114 Å². The van der Waals surface area contributed by atoms with Gasteiger partial charge in [-0.1, -0.05) is 0 Å². The Hall–Kier alpha value is -0.280. The van der Waals surface area contributed by atoms with Crippen LogP contribution in [-0.4, -0.2) is 99.3 Å². The van der Waals surface area contributed by atoms with Crippen molar-refractivity contribution in [2.75, 3.05) is 60.8 Å². The van der Waals surface area contributed by atoms with Crippen LogP contribution in [0.3, 0.4) is 0 Å². The number of methoxy groups -OCH3 is 3. The fourth-order valence-corrected chi connectivity index (χ4v) is 1.85. The number of hydrogen-bond acceptors (Lipinski definition) is 7. The second-order valence-electron chi connectivity index (χ2n) is 4.55. The second kappa shape index (κ2) is 11.5. The summed E-state index contributed by atoms with van der Waals surface area (Å²) in [7, 11) is 4.52. The standard InChI is InChI=1S/C12H27NO6/c1-17-7-10(14)4-13(5-11(15)8-18-2)6-12(16)9-19-3/h10-12,14-16H,4-9H2,1-3H3. The number of aliphatic hydroxyl groups excluding tert-OH is 3. The van der Waals surface area contributed by atoms with Crippen LogP contribution in [0.2, 0.25) is 0 Å². The number of rotatable bonds is 12. The zero-order valence-corrected chi connectivity index (χ0v) is 12.0. The molecule has 0 saturated carbocycles. The first-order valence-corrected chi connectivity index (χ1v) is 6.26. The lowest BCUT2D eigenvalue weighted by atomic mass is 10.2. The summed E-state index contributed by atoms with van der Waals surface area (Å²) in [6.07, 6.45) is -2.02. The lowest BCUT2D eigenvalue weighted by Crippen LogP contribution is -2.45. The molecule has 116 valence electrons. The molecule has 0 rings (SSSR count). The quantitative estimate of drug-likeness (QED) is 0.393. The Bertz CT molecular complexity index is 173. The summed E-state index contributed by atoms with van der Waals surface area (Å²) >= 11 is 0. The minimum Gasteiger partial charge on any atom is -0.389 e. The van der Waals surface area contributed by atoms with Crippen molar-refractivity contribution in [3.8, 4) is 0 Å². The molecule has 0 aliphatic heterocycles. The average Bonchev–Trinajstić information content (AvgIpc) is 2.29. The SMILES string of the molecule is COCC(O)CN(CC(O)COC)CC(O)COC. The Morgan fingerprint density at radius 3 is 1.16 bits per heavy atom. The van der Waals surface area contributed by atoms with E-state index in [1.54, 1.807) is 4.90 Å². The topological polar surface area (TPSA) is 91.6 Å². The molecule has 0 spiro atoms. The number of nitrogens with zero attached hydrogens (tertiary/aromatic N) is 1. The van der Waals surface area contributed by atoms with E-state index in [2.05, 4.69) is 0 Å². The predicted molar refractivity (Wildman–Crippen MR) is 70.1 cm³/mol. The average molecular weight is 281 g/mol. The van der Waals surface area contributed by atoms with Crippen LogP contribution in [0, 0.1) is 0 Å². The summed E-state index contributed by atoms with van der Waals surface area (Å²) in [6, 6.07) is 0. The van der Waals surface area contributed by atoms with Crippen molar-refractivity contribution < 1.29 is 29.5 Å². The highest BCUT2D eigenvalue weighted by Gasteiger charge is 2.18. The molecule has 0 bridgehead atoms. The summed E-state index contributed by atoms with van der Waals surface area (Å²) in [5.74, 6) is 0. The maximum absolute atomic E-state index is 9.71. The van der Waals surface area contributed by atoms with E-state index in [9.17, 15) is 15.3 Å². The van der Waals surface area contributed by atoms with Gasteiger partial charge in [-0.05, 0) is 0 Å². The molecule has 3 unspecified atom stereocenters. The smallest absolute Gasteiger partial charge is 0.0900 e. The lowest BCUT2D eigenvalue weighted by Gasteiger charge is -2.28. The highest BCUT2D eigenvalue weighted by molar-refractivity contribution is 4.72. The van der Waals surface area contributed by atoms with Crippen molar-refractivity contribution in [1.82, 2.24) is 4.90 Å². The van der Waals surface area contributed by atoms with Crippen molar-refractivity contribution in [2.24, 2.45) is 0 Å². The van der Waals surface area contributed by atoms with Gasteiger partial charge in [0.05, 0.1) is 38.1 Å². The molecule has 7 nitrogen and oxygen atoms in total. The first-order valence-electron chi connectivity index (χ1n) is 6.26. The molecule has 0 saturated heterocycles. The molecule has 0 amide bonds. The summed E-state index contributed by atoms with van der Waals surface area (Å²) < 4.78 is 14.6. The zero-order chi connectivity index (χ0) is 14.7. The Balaban J connectivity index is 4.28. The summed E-state index contributed by atoms with van der Waals surface area (Å²) in [6.45, 7) is 1.52. The van der Waals surface area contributed by atoms with E-state index in [0.29, 0.717) is 19.6 Å². The minimum absolute atomic E-state index is 0.206. The maximum atomic E-state index is 9.71. The molecule has 0 aliphatic carbocycles. The molecule has 19 heavy (non-hydrogen) atoms. The Morgan fingerprint density at radius 2 is 0.947 bits per heavy atom. The van der Waals surface area contributed by atoms with Gasteiger partial charge in [0.25, 0.3) is 0 Å². The van der Waals surface area contributed by atoms with Crippen molar-refractivity contribution in [3.05, 3.63) is 0 Å². The van der Waals surface area contributed by atoms with Gasteiger partial charge in [-0.15, -0.1) is 0 Å². The van der Waals surface area contributed by atoms with Gasteiger partial charge in [-0.25, -0.2) is 0 Å². The minimum atomic E-state index is -0.672. The summed E-state index contributed by atoms with van der Waals surface area (Å²) in [4.78, 5) is 1.76. The van der Waals surface area contributed by atoms with Crippen molar-refractivity contribution in [1.29, 1.82) is 0 Å². The van der Waals surface area contributed by atoms with Crippen molar-refractivity contribution in [2.45, 2.75) is 18.3 Å². The third kappa shape index (κ3) is 10.2. The van der Waals surface area contributed by atoms with Gasteiger partial charge in [-0.2, -0.15) is 0 Å². The van der Waals surface area contributed by atoms with Crippen LogP contribution in [-0.2, 0) is 14.2 Å². The van der Waals surface area contributed by atoms with E-state index < -0.39 is 18.3 Å². The van der Waals surface area contributed by atoms with Gasteiger partial charge in [0.1, 0.15) is 0 Å². The summed E-state index contributed by atoms with van der Waals surface area (Å²) in [5.41, 5.74) is 0. The Morgan fingerprint density at radius 1 is 0.684 bits per heavy atom. The molecule has 0 aromatic heterocycles. The number of ether oxygens (including phenoxy) is 3. The van der Waals surface area contributed by atoms with Gasteiger partial charge in [0.2, 0.25) is 0 Å².